The van der Waals surface area contributed by atoms with Crippen molar-refractivity contribution in [1.82, 2.24) is 0 Å². The molecule has 3 aliphatic carbocycles. The SMILES string of the molecule is O=C1[C@@H]2C3c4ccccc4C(c4ccccc43)[C@@H]2C(=O)N1c1ccccc1OS(=O)(=O)c1ccccc1. The summed E-state index contributed by atoms with van der Waals surface area (Å²) < 4.78 is 31.5. The highest BCUT2D eigenvalue weighted by Gasteiger charge is 2.62. The maximum Gasteiger partial charge on any atom is 0.339 e. The number of benzene rings is 4. The number of hydrogen-bond acceptors (Lipinski definition) is 5. The molecular weight excluding hydrogens is 486 g/mol. The Morgan fingerprint density at radius 2 is 1.00 bits per heavy atom. The van der Waals surface area contributed by atoms with Gasteiger partial charge in [-0.05, 0) is 46.5 Å². The second-order valence-corrected chi connectivity index (χ2v) is 11.1. The van der Waals surface area contributed by atoms with Crippen LogP contribution in [0.5, 0.6) is 5.75 Å². The van der Waals surface area contributed by atoms with Gasteiger partial charge in [0.25, 0.3) is 0 Å². The summed E-state index contributed by atoms with van der Waals surface area (Å²) in [5.74, 6) is -2.35. The van der Waals surface area contributed by atoms with Crippen LogP contribution < -0.4 is 9.08 Å². The highest BCUT2D eigenvalue weighted by molar-refractivity contribution is 7.87. The predicted octanol–water partition coefficient (Wildman–Crippen LogP) is 4.85. The van der Waals surface area contributed by atoms with Crippen molar-refractivity contribution >= 4 is 27.6 Å². The Morgan fingerprint density at radius 3 is 1.51 bits per heavy atom. The van der Waals surface area contributed by atoms with Crippen LogP contribution in [-0.2, 0) is 19.7 Å². The molecule has 1 heterocycles. The van der Waals surface area contributed by atoms with Gasteiger partial charge in [0.05, 0.1) is 17.5 Å². The van der Waals surface area contributed by atoms with Gasteiger partial charge in [0.1, 0.15) is 4.90 Å². The van der Waals surface area contributed by atoms with Crippen LogP contribution >= 0.6 is 0 Å². The van der Waals surface area contributed by atoms with Crippen molar-refractivity contribution in [3.05, 3.63) is 125 Å². The summed E-state index contributed by atoms with van der Waals surface area (Å²) in [5, 5.41) is 0. The molecule has 1 saturated heterocycles. The van der Waals surface area contributed by atoms with Crippen molar-refractivity contribution < 1.29 is 22.2 Å². The molecule has 2 atom stereocenters. The van der Waals surface area contributed by atoms with Gasteiger partial charge in [0.15, 0.2) is 5.75 Å². The van der Waals surface area contributed by atoms with E-state index in [1.165, 1.54) is 18.2 Å². The number of imide groups is 1. The van der Waals surface area contributed by atoms with Gasteiger partial charge in [-0.1, -0.05) is 78.9 Å². The number of anilines is 1. The van der Waals surface area contributed by atoms with Crippen LogP contribution in [0.15, 0.2) is 108 Å². The van der Waals surface area contributed by atoms with Crippen molar-refractivity contribution in [3.63, 3.8) is 0 Å². The van der Waals surface area contributed by atoms with Crippen LogP contribution in [0.3, 0.4) is 0 Å². The zero-order valence-corrected chi connectivity index (χ0v) is 20.3. The Morgan fingerprint density at radius 1 is 0.568 bits per heavy atom. The lowest BCUT2D eigenvalue weighted by Crippen LogP contribution is -2.41. The van der Waals surface area contributed by atoms with Crippen LogP contribution in [-0.4, -0.2) is 20.2 Å². The molecule has 0 N–H and O–H groups in total. The summed E-state index contributed by atoms with van der Waals surface area (Å²) in [6.45, 7) is 0. The molecule has 1 fully saturated rings. The van der Waals surface area contributed by atoms with Gasteiger partial charge in [0.2, 0.25) is 11.8 Å². The minimum absolute atomic E-state index is 0.0125. The van der Waals surface area contributed by atoms with Crippen LogP contribution in [0.2, 0.25) is 0 Å². The Balaban J connectivity index is 1.34. The largest absolute Gasteiger partial charge is 0.377 e. The van der Waals surface area contributed by atoms with E-state index in [1.807, 2.05) is 48.5 Å². The van der Waals surface area contributed by atoms with E-state index in [-0.39, 0.29) is 40.0 Å². The normalized spacial score (nSPS) is 23.4. The first-order valence-electron chi connectivity index (χ1n) is 12.1. The van der Waals surface area contributed by atoms with Gasteiger partial charge in [0, 0.05) is 11.8 Å². The first kappa shape index (κ1) is 22.0. The van der Waals surface area contributed by atoms with E-state index < -0.39 is 22.0 Å². The number of amides is 2. The van der Waals surface area contributed by atoms with Crippen molar-refractivity contribution in [2.75, 3.05) is 4.90 Å². The Bertz CT molecular complexity index is 1580. The predicted molar refractivity (Wildman–Crippen MR) is 137 cm³/mol. The zero-order valence-electron chi connectivity index (χ0n) is 19.5. The lowest BCUT2D eigenvalue weighted by Gasteiger charge is -2.45. The minimum Gasteiger partial charge on any atom is -0.377 e. The summed E-state index contributed by atoms with van der Waals surface area (Å²) in [7, 11) is -4.17. The smallest absolute Gasteiger partial charge is 0.339 e. The molecule has 7 heteroatoms. The van der Waals surface area contributed by atoms with Gasteiger partial charge < -0.3 is 4.18 Å². The fourth-order valence-electron chi connectivity index (χ4n) is 6.38. The molecule has 4 aliphatic rings. The molecule has 8 rings (SSSR count). The third kappa shape index (κ3) is 3.07. The lowest BCUT2D eigenvalue weighted by atomic mass is 9.55. The van der Waals surface area contributed by atoms with E-state index in [0.717, 1.165) is 27.2 Å². The molecule has 0 radical (unpaired) electrons. The highest BCUT2D eigenvalue weighted by Crippen LogP contribution is 2.61. The molecular formula is C30H21NO5S. The van der Waals surface area contributed by atoms with Gasteiger partial charge in [-0.2, -0.15) is 8.42 Å². The number of nitrogens with zero attached hydrogens (tertiary/aromatic N) is 1. The fraction of sp³-hybridized carbons (Fsp3) is 0.133. The van der Waals surface area contributed by atoms with Crippen molar-refractivity contribution in [2.24, 2.45) is 11.8 Å². The summed E-state index contributed by atoms with van der Waals surface area (Å²) >= 11 is 0. The zero-order chi connectivity index (χ0) is 25.3. The van der Waals surface area contributed by atoms with E-state index in [9.17, 15) is 18.0 Å². The van der Waals surface area contributed by atoms with Crippen LogP contribution in [0.25, 0.3) is 0 Å². The summed E-state index contributed by atoms with van der Waals surface area (Å²) in [4.78, 5) is 29.2. The van der Waals surface area contributed by atoms with Crippen LogP contribution in [0, 0.1) is 11.8 Å². The van der Waals surface area contributed by atoms with E-state index in [4.69, 9.17) is 4.18 Å². The number of carbonyl (C=O) groups is 2. The first-order valence-corrected chi connectivity index (χ1v) is 13.5. The molecule has 0 spiro atoms. The van der Waals surface area contributed by atoms with Crippen LogP contribution in [0.4, 0.5) is 5.69 Å². The molecule has 182 valence electrons. The number of para-hydroxylation sites is 2. The lowest BCUT2D eigenvalue weighted by molar-refractivity contribution is -0.122. The van der Waals surface area contributed by atoms with E-state index >= 15 is 0 Å². The Kier molecular flexibility index (Phi) is 4.69. The maximum absolute atomic E-state index is 14.0. The van der Waals surface area contributed by atoms with Gasteiger partial charge in [-0.3, -0.25) is 9.59 Å². The second-order valence-electron chi connectivity index (χ2n) is 9.59. The van der Waals surface area contributed by atoms with Crippen LogP contribution in [0.1, 0.15) is 34.1 Å². The quantitative estimate of drug-likeness (QED) is 0.291. The number of rotatable bonds is 4. The van der Waals surface area contributed by atoms with E-state index in [0.29, 0.717) is 0 Å². The molecule has 0 aromatic heterocycles. The standard InChI is InChI=1S/C30H21NO5S/c32-29-27-25-19-12-4-5-13-20(19)26(22-15-7-6-14-21(22)25)28(27)30(33)31(29)23-16-8-9-17-24(23)36-37(34,35)18-10-2-1-3-11-18/h1-17,25-28H/t25?,26?,27-,28+. The molecule has 6 nitrogen and oxygen atoms in total. The fourth-order valence-corrected chi connectivity index (χ4v) is 7.34. The molecule has 0 saturated carbocycles. The molecule has 2 bridgehead atoms. The first-order chi connectivity index (χ1) is 18.0. The van der Waals surface area contributed by atoms with Gasteiger partial charge in [-0.15, -0.1) is 0 Å². The molecule has 1 aliphatic heterocycles. The minimum atomic E-state index is -4.17. The second kappa shape index (κ2) is 7.88. The highest BCUT2D eigenvalue weighted by atomic mass is 32.2. The van der Waals surface area contributed by atoms with E-state index in [1.54, 1.807) is 36.4 Å². The molecule has 4 aromatic carbocycles. The van der Waals surface area contributed by atoms with E-state index in [2.05, 4.69) is 0 Å². The average Bonchev–Trinajstić information content (AvgIpc) is 3.19. The van der Waals surface area contributed by atoms with Crippen molar-refractivity contribution in [1.29, 1.82) is 0 Å². The Labute approximate surface area is 214 Å². The Hall–Kier alpha value is -4.23. The third-order valence-electron chi connectivity index (χ3n) is 7.79. The monoisotopic (exact) mass is 507 g/mol. The molecule has 37 heavy (non-hydrogen) atoms. The third-order valence-corrected chi connectivity index (χ3v) is 9.03. The summed E-state index contributed by atoms with van der Waals surface area (Å²) in [6, 6.07) is 30.1. The summed E-state index contributed by atoms with van der Waals surface area (Å²) in [5.41, 5.74) is 4.44. The molecule has 4 aromatic rings. The molecule has 2 amide bonds. The molecule has 0 unspecified atom stereocenters. The van der Waals surface area contributed by atoms with Gasteiger partial charge in [-0.25, -0.2) is 4.90 Å². The average molecular weight is 508 g/mol. The van der Waals surface area contributed by atoms with Crippen molar-refractivity contribution in [3.8, 4) is 5.75 Å². The van der Waals surface area contributed by atoms with Gasteiger partial charge >= 0.3 is 10.1 Å². The number of hydrogen-bond donors (Lipinski definition) is 0. The number of carbonyl (C=O) groups excluding carboxylic acids is 2. The maximum atomic E-state index is 14.0. The summed E-state index contributed by atoms with van der Waals surface area (Å²) in [6.07, 6.45) is 0. The topological polar surface area (TPSA) is 80.8 Å². The van der Waals surface area contributed by atoms with Crippen molar-refractivity contribution in [2.45, 2.75) is 16.7 Å².